The van der Waals surface area contributed by atoms with Crippen molar-refractivity contribution in [3.8, 4) is 0 Å². The van der Waals surface area contributed by atoms with Gasteiger partial charge in [0, 0.05) is 26.2 Å². The Labute approximate surface area is 134 Å². The largest absolute Gasteiger partial charge is 0.378 e. The molecule has 0 spiro atoms. The van der Waals surface area contributed by atoms with Gasteiger partial charge in [0.05, 0.1) is 13.2 Å². The predicted octanol–water partition coefficient (Wildman–Crippen LogP) is 0.619. The summed E-state index contributed by atoms with van der Waals surface area (Å²) in [5.41, 5.74) is 0. The SMILES string of the molecule is CCN(C)CC1CCN(C(=O)C2COCCN2)C1.Cl.Cl. The van der Waals surface area contributed by atoms with Crippen LogP contribution in [-0.4, -0.2) is 74.7 Å². The highest BCUT2D eigenvalue weighted by Crippen LogP contribution is 2.18. The number of nitrogens with zero attached hydrogens (tertiary/aromatic N) is 2. The highest BCUT2D eigenvalue weighted by Gasteiger charge is 2.31. The molecule has 1 N–H and O–H groups in total. The van der Waals surface area contributed by atoms with Crippen molar-refractivity contribution in [2.75, 3.05) is 53.0 Å². The molecule has 2 atom stereocenters. The third-order valence-electron chi connectivity index (χ3n) is 3.93. The molecule has 2 unspecified atom stereocenters. The monoisotopic (exact) mass is 327 g/mol. The lowest BCUT2D eigenvalue weighted by atomic mass is 10.1. The molecule has 2 fully saturated rings. The predicted molar refractivity (Wildman–Crippen MR) is 85.0 cm³/mol. The lowest BCUT2D eigenvalue weighted by Crippen LogP contribution is -2.52. The van der Waals surface area contributed by atoms with Crippen LogP contribution in [0.1, 0.15) is 13.3 Å². The minimum atomic E-state index is -0.124. The Hall–Kier alpha value is -0.0700. The molecule has 2 heterocycles. The molecule has 0 aromatic heterocycles. The number of morpholine rings is 1. The van der Waals surface area contributed by atoms with Crippen LogP contribution in [0.4, 0.5) is 0 Å². The Balaban J connectivity index is 0.00000180. The lowest BCUT2D eigenvalue weighted by molar-refractivity contribution is -0.135. The van der Waals surface area contributed by atoms with Crippen molar-refractivity contribution >= 4 is 30.7 Å². The number of rotatable bonds is 4. The van der Waals surface area contributed by atoms with E-state index in [1.54, 1.807) is 0 Å². The lowest BCUT2D eigenvalue weighted by Gasteiger charge is -2.27. The van der Waals surface area contributed by atoms with Crippen molar-refractivity contribution < 1.29 is 9.53 Å². The summed E-state index contributed by atoms with van der Waals surface area (Å²) in [6.07, 6.45) is 1.13. The third kappa shape index (κ3) is 5.37. The summed E-state index contributed by atoms with van der Waals surface area (Å²) in [6, 6.07) is -0.124. The van der Waals surface area contributed by atoms with Crippen molar-refractivity contribution in [2.45, 2.75) is 19.4 Å². The van der Waals surface area contributed by atoms with Crippen molar-refractivity contribution in [3.05, 3.63) is 0 Å². The highest BCUT2D eigenvalue weighted by molar-refractivity contribution is 5.85. The number of carbonyl (C=O) groups is 1. The number of halogens is 2. The zero-order valence-electron chi connectivity index (χ0n) is 12.3. The smallest absolute Gasteiger partial charge is 0.242 e. The molecule has 2 aliphatic heterocycles. The van der Waals surface area contributed by atoms with Crippen molar-refractivity contribution in [2.24, 2.45) is 5.92 Å². The Morgan fingerprint density at radius 2 is 2.20 bits per heavy atom. The third-order valence-corrected chi connectivity index (χ3v) is 3.93. The normalized spacial score (nSPS) is 26.1. The number of hydrogen-bond acceptors (Lipinski definition) is 4. The van der Waals surface area contributed by atoms with Crippen molar-refractivity contribution in [1.82, 2.24) is 15.1 Å². The zero-order chi connectivity index (χ0) is 13.0. The van der Waals surface area contributed by atoms with E-state index in [2.05, 4.69) is 24.2 Å². The van der Waals surface area contributed by atoms with Crippen LogP contribution in [0.25, 0.3) is 0 Å². The first-order valence-corrected chi connectivity index (χ1v) is 6.99. The Morgan fingerprint density at radius 3 is 2.80 bits per heavy atom. The minimum Gasteiger partial charge on any atom is -0.378 e. The summed E-state index contributed by atoms with van der Waals surface area (Å²) in [5.74, 6) is 0.847. The van der Waals surface area contributed by atoms with E-state index in [9.17, 15) is 4.79 Å². The molecule has 0 saturated carbocycles. The van der Waals surface area contributed by atoms with Crippen LogP contribution >= 0.6 is 24.8 Å². The van der Waals surface area contributed by atoms with Crippen molar-refractivity contribution in [1.29, 1.82) is 0 Å². The maximum atomic E-state index is 12.3. The van der Waals surface area contributed by atoms with Crippen LogP contribution in [0, 0.1) is 5.92 Å². The second-order valence-electron chi connectivity index (χ2n) is 5.38. The van der Waals surface area contributed by atoms with E-state index in [1.165, 1.54) is 0 Å². The van der Waals surface area contributed by atoms with Gasteiger partial charge in [0.15, 0.2) is 0 Å². The molecular weight excluding hydrogens is 301 g/mol. The van der Waals surface area contributed by atoms with E-state index in [0.717, 1.165) is 39.1 Å². The van der Waals surface area contributed by atoms with Gasteiger partial charge in [0.1, 0.15) is 6.04 Å². The van der Waals surface area contributed by atoms with Gasteiger partial charge in [-0.05, 0) is 25.9 Å². The fraction of sp³-hybridized carbons (Fsp3) is 0.923. The average Bonchev–Trinajstić information content (AvgIpc) is 2.87. The van der Waals surface area contributed by atoms with E-state index in [1.807, 2.05) is 4.90 Å². The van der Waals surface area contributed by atoms with Crippen LogP contribution in [-0.2, 0) is 9.53 Å². The van der Waals surface area contributed by atoms with Crippen LogP contribution in [0.3, 0.4) is 0 Å². The van der Waals surface area contributed by atoms with Crippen LogP contribution in [0.15, 0.2) is 0 Å². The van der Waals surface area contributed by atoms with E-state index >= 15 is 0 Å². The topological polar surface area (TPSA) is 44.8 Å². The average molecular weight is 328 g/mol. The van der Waals surface area contributed by atoms with Gasteiger partial charge in [-0.1, -0.05) is 6.92 Å². The quantitative estimate of drug-likeness (QED) is 0.822. The molecule has 2 aliphatic rings. The van der Waals surface area contributed by atoms with Crippen molar-refractivity contribution in [3.63, 3.8) is 0 Å². The molecule has 0 bridgehead atoms. The summed E-state index contributed by atoms with van der Waals surface area (Å²) in [5, 5.41) is 3.24. The van der Waals surface area contributed by atoms with Crippen LogP contribution in [0.5, 0.6) is 0 Å². The number of hydrogen-bond donors (Lipinski definition) is 1. The van der Waals surface area contributed by atoms with Gasteiger partial charge >= 0.3 is 0 Å². The summed E-state index contributed by atoms with van der Waals surface area (Å²) in [4.78, 5) is 16.6. The molecule has 0 aromatic carbocycles. The van der Waals surface area contributed by atoms with Gasteiger partial charge in [-0.25, -0.2) is 0 Å². The standard InChI is InChI=1S/C13H25N3O2.2ClH/c1-3-15(2)8-11-4-6-16(9-11)13(17)12-10-18-7-5-14-12;;/h11-12,14H,3-10H2,1-2H3;2*1H. The first kappa shape index (κ1) is 19.9. The van der Waals surface area contributed by atoms with Gasteiger partial charge in [-0.3, -0.25) is 4.79 Å². The van der Waals surface area contributed by atoms with Gasteiger partial charge < -0.3 is 19.9 Å². The molecule has 2 saturated heterocycles. The summed E-state index contributed by atoms with van der Waals surface area (Å²) >= 11 is 0. The summed E-state index contributed by atoms with van der Waals surface area (Å²) in [6.45, 7) is 8.16. The molecule has 2 rings (SSSR count). The maximum absolute atomic E-state index is 12.3. The number of carbonyl (C=O) groups excluding carboxylic acids is 1. The number of likely N-dealkylation sites (tertiary alicyclic amines) is 1. The molecule has 120 valence electrons. The van der Waals surface area contributed by atoms with Gasteiger partial charge in [0.25, 0.3) is 0 Å². The van der Waals surface area contributed by atoms with Gasteiger partial charge in [-0.2, -0.15) is 0 Å². The molecular formula is C13H27Cl2N3O2. The zero-order valence-corrected chi connectivity index (χ0v) is 14.0. The molecule has 20 heavy (non-hydrogen) atoms. The molecule has 0 aliphatic carbocycles. The van der Waals surface area contributed by atoms with E-state index in [4.69, 9.17) is 4.74 Å². The number of amides is 1. The second-order valence-corrected chi connectivity index (χ2v) is 5.38. The maximum Gasteiger partial charge on any atom is 0.242 e. The Kier molecular flexibility index (Phi) is 9.76. The summed E-state index contributed by atoms with van der Waals surface area (Å²) < 4.78 is 5.35. The molecule has 1 amide bonds. The Bertz CT molecular complexity index is 289. The van der Waals surface area contributed by atoms with Gasteiger partial charge in [0.2, 0.25) is 5.91 Å². The first-order valence-electron chi connectivity index (χ1n) is 6.99. The van der Waals surface area contributed by atoms with E-state index in [0.29, 0.717) is 19.1 Å². The molecule has 0 radical (unpaired) electrons. The Morgan fingerprint density at radius 1 is 1.45 bits per heavy atom. The summed E-state index contributed by atoms with van der Waals surface area (Å²) in [7, 11) is 2.14. The van der Waals surface area contributed by atoms with Crippen LogP contribution in [0.2, 0.25) is 0 Å². The molecule has 0 aromatic rings. The van der Waals surface area contributed by atoms with E-state index in [-0.39, 0.29) is 36.8 Å². The van der Waals surface area contributed by atoms with E-state index < -0.39 is 0 Å². The van der Waals surface area contributed by atoms with Gasteiger partial charge in [-0.15, -0.1) is 24.8 Å². The second kappa shape index (κ2) is 9.79. The fourth-order valence-electron chi connectivity index (χ4n) is 2.70. The first-order chi connectivity index (χ1) is 8.70. The minimum absolute atomic E-state index is 0. The van der Waals surface area contributed by atoms with Crippen LogP contribution < -0.4 is 5.32 Å². The highest BCUT2D eigenvalue weighted by atomic mass is 35.5. The number of ether oxygens (including phenoxy) is 1. The molecule has 7 heteroatoms. The fourth-order valence-corrected chi connectivity index (χ4v) is 2.70. The molecule has 5 nitrogen and oxygen atoms in total. The number of nitrogens with one attached hydrogen (secondary N) is 1.